The summed E-state index contributed by atoms with van der Waals surface area (Å²) in [6, 6.07) is 16.7. The normalized spacial score (nSPS) is 16.3. The Hall–Kier alpha value is -2.97. The second-order valence-corrected chi connectivity index (χ2v) is 8.47. The Morgan fingerprint density at radius 1 is 1.03 bits per heavy atom. The largest absolute Gasteiger partial charge is 0.492 e. The highest BCUT2D eigenvalue weighted by atomic mass is 32.1. The highest BCUT2D eigenvalue weighted by Crippen LogP contribution is 2.40. The SMILES string of the molecule is Cc1nc2sc([C@H](c3cccc(F)c3)N3CCN(c4ccccc4)CC3)c(O)n2n1. The maximum atomic E-state index is 14.1. The van der Waals surface area contributed by atoms with Gasteiger partial charge in [-0.25, -0.2) is 9.37 Å². The number of thiazole rings is 1. The smallest absolute Gasteiger partial charge is 0.230 e. The molecule has 0 aliphatic carbocycles. The summed E-state index contributed by atoms with van der Waals surface area (Å²) in [5.74, 6) is 0.410. The van der Waals surface area contributed by atoms with Crippen molar-refractivity contribution in [1.82, 2.24) is 19.5 Å². The van der Waals surface area contributed by atoms with Gasteiger partial charge in [-0.1, -0.05) is 41.7 Å². The highest BCUT2D eigenvalue weighted by molar-refractivity contribution is 7.17. The van der Waals surface area contributed by atoms with Gasteiger partial charge >= 0.3 is 0 Å². The van der Waals surface area contributed by atoms with E-state index in [2.05, 4.69) is 32.0 Å². The van der Waals surface area contributed by atoms with Crippen LogP contribution in [-0.4, -0.2) is 50.8 Å². The average molecular weight is 424 g/mol. The molecule has 1 aliphatic rings. The van der Waals surface area contributed by atoms with Gasteiger partial charge in [0, 0.05) is 31.9 Å². The van der Waals surface area contributed by atoms with Gasteiger partial charge in [0.05, 0.1) is 10.9 Å². The third-order valence-electron chi connectivity index (χ3n) is 5.52. The summed E-state index contributed by atoms with van der Waals surface area (Å²) >= 11 is 1.41. The van der Waals surface area contributed by atoms with Gasteiger partial charge in [0.2, 0.25) is 10.8 Å². The van der Waals surface area contributed by atoms with E-state index in [-0.39, 0.29) is 17.7 Å². The first-order valence-corrected chi connectivity index (χ1v) is 10.8. The molecule has 4 aromatic rings. The van der Waals surface area contributed by atoms with Crippen molar-refractivity contribution >= 4 is 22.0 Å². The van der Waals surface area contributed by atoms with Crippen molar-refractivity contribution in [2.75, 3.05) is 31.1 Å². The summed E-state index contributed by atoms with van der Waals surface area (Å²) in [5.41, 5.74) is 2.02. The van der Waals surface area contributed by atoms with Crippen LogP contribution in [0.1, 0.15) is 22.3 Å². The van der Waals surface area contributed by atoms with E-state index < -0.39 is 0 Å². The first-order valence-electron chi connectivity index (χ1n) is 9.94. The molecule has 1 atom stereocenters. The summed E-state index contributed by atoms with van der Waals surface area (Å²) in [4.78, 5) is 10.4. The maximum Gasteiger partial charge on any atom is 0.230 e. The number of aromatic hydroxyl groups is 1. The highest BCUT2D eigenvalue weighted by Gasteiger charge is 2.32. The molecule has 0 amide bonds. The number of nitrogens with zero attached hydrogens (tertiary/aromatic N) is 5. The van der Waals surface area contributed by atoms with Crippen molar-refractivity contribution in [2.45, 2.75) is 13.0 Å². The van der Waals surface area contributed by atoms with Gasteiger partial charge in [-0.05, 0) is 36.8 Å². The van der Waals surface area contributed by atoms with Crippen molar-refractivity contribution in [2.24, 2.45) is 0 Å². The molecule has 0 spiro atoms. The fourth-order valence-corrected chi connectivity index (χ4v) is 5.27. The van der Waals surface area contributed by atoms with Crippen molar-refractivity contribution in [3.63, 3.8) is 0 Å². The van der Waals surface area contributed by atoms with E-state index >= 15 is 0 Å². The van der Waals surface area contributed by atoms with Crippen LogP contribution in [0.2, 0.25) is 0 Å². The van der Waals surface area contributed by atoms with E-state index in [0.29, 0.717) is 10.8 Å². The number of aryl methyl sites for hydroxylation is 1. The lowest BCUT2D eigenvalue weighted by Crippen LogP contribution is -2.47. The molecule has 0 radical (unpaired) electrons. The number of hydrogen-bond donors (Lipinski definition) is 1. The van der Waals surface area contributed by atoms with Gasteiger partial charge in [0.1, 0.15) is 11.6 Å². The van der Waals surface area contributed by atoms with E-state index in [9.17, 15) is 9.50 Å². The number of benzene rings is 2. The number of hydrogen-bond acceptors (Lipinski definition) is 6. The number of piperazine rings is 1. The molecule has 5 rings (SSSR count). The number of halogens is 1. The summed E-state index contributed by atoms with van der Waals surface area (Å²) in [7, 11) is 0. The second kappa shape index (κ2) is 7.70. The molecule has 0 unspecified atom stereocenters. The average Bonchev–Trinajstić information content (AvgIpc) is 3.27. The molecule has 1 saturated heterocycles. The van der Waals surface area contributed by atoms with E-state index in [1.165, 1.54) is 27.6 Å². The number of fused-ring (bicyclic) bond motifs is 1. The molecule has 6 nitrogen and oxygen atoms in total. The van der Waals surface area contributed by atoms with Gasteiger partial charge < -0.3 is 10.0 Å². The molecule has 154 valence electrons. The van der Waals surface area contributed by atoms with Crippen LogP contribution < -0.4 is 4.90 Å². The summed E-state index contributed by atoms with van der Waals surface area (Å²) < 4.78 is 15.6. The molecular weight excluding hydrogens is 401 g/mol. The van der Waals surface area contributed by atoms with E-state index in [1.807, 2.05) is 24.3 Å². The molecule has 30 heavy (non-hydrogen) atoms. The quantitative estimate of drug-likeness (QED) is 0.540. The predicted octanol–water partition coefficient (Wildman–Crippen LogP) is 3.86. The van der Waals surface area contributed by atoms with E-state index in [0.717, 1.165) is 36.6 Å². The van der Waals surface area contributed by atoms with Crippen LogP contribution in [0.25, 0.3) is 4.96 Å². The Labute approximate surface area is 177 Å². The van der Waals surface area contributed by atoms with Gasteiger partial charge in [-0.3, -0.25) is 4.90 Å². The molecular formula is C22H22FN5OS. The fraction of sp³-hybridized carbons (Fsp3) is 0.273. The first kappa shape index (κ1) is 19.0. The molecule has 2 aromatic heterocycles. The molecule has 1 N–H and O–H groups in total. The van der Waals surface area contributed by atoms with Crippen molar-refractivity contribution in [3.8, 4) is 5.88 Å². The number of anilines is 1. The zero-order chi connectivity index (χ0) is 20.7. The van der Waals surface area contributed by atoms with Crippen LogP contribution in [0.3, 0.4) is 0 Å². The molecule has 1 aliphatic heterocycles. The molecule has 2 aromatic carbocycles. The lowest BCUT2D eigenvalue weighted by atomic mass is 10.0. The predicted molar refractivity (Wildman–Crippen MR) is 116 cm³/mol. The van der Waals surface area contributed by atoms with Gasteiger partial charge in [-0.2, -0.15) is 4.52 Å². The Morgan fingerprint density at radius 2 is 1.80 bits per heavy atom. The third-order valence-corrected chi connectivity index (χ3v) is 6.59. The summed E-state index contributed by atoms with van der Waals surface area (Å²) in [6.45, 7) is 5.10. The summed E-state index contributed by atoms with van der Waals surface area (Å²) in [5, 5.41) is 15.2. The lowest BCUT2D eigenvalue weighted by Gasteiger charge is -2.40. The topological polar surface area (TPSA) is 56.9 Å². The van der Waals surface area contributed by atoms with E-state index in [4.69, 9.17) is 0 Å². The van der Waals surface area contributed by atoms with E-state index in [1.54, 1.807) is 19.1 Å². The summed E-state index contributed by atoms with van der Waals surface area (Å²) in [6.07, 6.45) is 0. The van der Waals surface area contributed by atoms with Crippen molar-refractivity contribution in [1.29, 1.82) is 0 Å². The Morgan fingerprint density at radius 3 is 2.50 bits per heavy atom. The van der Waals surface area contributed by atoms with Crippen LogP contribution >= 0.6 is 11.3 Å². The molecule has 8 heteroatoms. The number of rotatable bonds is 4. The zero-order valence-electron chi connectivity index (χ0n) is 16.6. The zero-order valence-corrected chi connectivity index (χ0v) is 17.4. The van der Waals surface area contributed by atoms with Crippen LogP contribution in [-0.2, 0) is 0 Å². The first-order chi connectivity index (χ1) is 14.6. The lowest BCUT2D eigenvalue weighted by molar-refractivity contribution is 0.211. The monoisotopic (exact) mass is 423 g/mol. The van der Waals surface area contributed by atoms with Gasteiger partial charge in [-0.15, -0.1) is 5.10 Å². The minimum Gasteiger partial charge on any atom is -0.492 e. The standard InChI is InChI=1S/C22H22FN5OS/c1-15-24-22-28(25-15)21(29)20(30-22)19(16-6-5-7-17(23)14-16)27-12-10-26(11-13-27)18-8-3-2-4-9-18/h2-9,14,19,29H,10-13H2,1H3/t19-/m0/s1. The van der Waals surface area contributed by atoms with Crippen LogP contribution in [0.5, 0.6) is 5.88 Å². The minimum absolute atomic E-state index is 0.0790. The van der Waals surface area contributed by atoms with Crippen LogP contribution in [0, 0.1) is 12.7 Å². The minimum atomic E-state index is -0.282. The number of para-hydroxylation sites is 1. The van der Waals surface area contributed by atoms with Gasteiger partial charge in [0.15, 0.2) is 0 Å². The van der Waals surface area contributed by atoms with Crippen LogP contribution in [0.15, 0.2) is 54.6 Å². The van der Waals surface area contributed by atoms with Crippen molar-refractivity contribution < 1.29 is 9.50 Å². The van der Waals surface area contributed by atoms with Gasteiger partial charge in [0.25, 0.3) is 0 Å². The molecule has 0 bridgehead atoms. The molecule has 3 heterocycles. The molecule has 0 saturated carbocycles. The Bertz CT molecular complexity index is 1170. The number of aromatic nitrogens is 3. The van der Waals surface area contributed by atoms with Crippen LogP contribution in [0.4, 0.5) is 10.1 Å². The maximum absolute atomic E-state index is 14.1. The second-order valence-electron chi connectivity index (χ2n) is 7.46. The Kier molecular flexibility index (Phi) is 4.88. The van der Waals surface area contributed by atoms with Crippen molar-refractivity contribution in [3.05, 3.63) is 76.7 Å². The fourth-order valence-electron chi connectivity index (χ4n) is 4.11. The Balaban J connectivity index is 1.49. The molecule has 1 fully saturated rings. The third kappa shape index (κ3) is 3.42.